The van der Waals surface area contributed by atoms with Crippen molar-refractivity contribution >= 4 is 27.5 Å². The Balaban J connectivity index is 0.00000182. The summed E-state index contributed by atoms with van der Waals surface area (Å²) in [6.45, 7) is 1.10. The summed E-state index contributed by atoms with van der Waals surface area (Å²) in [6.07, 6.45) is 7.22. The fourth-order valence-corrected chi connectivity index (χ4v) is 3.83. The molecule has 2 heterocycles. The highest BCUT2D eigenvalue weighted by Crippen LogP contribution is 2.28. The van der Waals surface area contributed by atoms with Crippen LogP contribution in [0.3, 0.4) is 0 Å². The average molecular weight is 483 g/mol. The highest BCUT2D eigenvalue weighted by atomic mass is 79.9. The van der Waals surface area contributed by atoms with E-state index in [2.05, 4.69) is 67.7 Å². The van der Waals surface area contributed by atoms with Crippen LogP contribution in [0.4, 0.5) is 0 Å². The Hall–Kier alpha value is -1.10. The molecule has 0 fully saturated rings. The van der Waals surface area contributed by atoms with Crippen molar-refractivity contribution in [2.75, 3.05) is 0 Å². The number of rotatable bonds is 2. The van der Waals surface area contributed by atoms with Gasteiger partial charge in [0.1, 0.15) is 11.9 Å². The summed E-state index contributed by atoms with van der Waals surface area (Å²) in [5, 5.41) is 0.773. The van der Waals surface area contributed by atoms with Crippen LogP contribution >= 0.6 is 27.5 Å². The second-order valence-electron chi connectivity index (χ2n) is 6.25. The monoisotopic (exact) mass is 480 g/mol. The third-order valence-corrected chi connectivity index (χ3v) is 5.41. The summed E-state index contributed by atoms with van der Waals surface area (Å²) >= 11 is 9.62. The van der Waals surface area contributed by atoms with Gasteiger partial charge >= 0.3 is 0 Å². The second kappa shape index (κ2) is 8.07. The Kier molecular flexibility index (Phi) is 6.03. The molecule has 0 atom stereocenters. The zero-order valence-electron chi connectivity index (χ0n) is 13.8. The minimum Gasteiger partial charge on any atom is -1.00 e. The first-order valence-corrected chi connectivity index (χ1v) is 9.55. The van der Waals surface area contributed by atoms with E-state index in [9.17, 15) is 0 Å². The quantitative estimate of drug-likeness (QED) is 0.497. The van der Waals surface area contributed by atoms with Crippen LogP contribution in [0.15, 0.2) is 59.2 Å². The van der Waals surface area contributed by atoms with E-state index in [1.165, 1.54) is 42.0 Å². The molecule has 0 radical (unpaired) electrons. The molecule has 0 aliphatic carbocycles. The van der Waals surface area contributed by atoms with Crippen LogP contribution < -0.4 is 21.5 Å². The highest BCUT2D eigenvalue weighted by molar-refractivity contribution is 9.10. The van der Waals surface area contributed by atoms with Gasteiger partial charge in [-0.2, -0.15) is 4.57 Å². The molecule has 0 amide bonds. The summed E-state index contributed by atoms with van der Waals surface area (Å²) in [6, 6.07) is 16.7. The van der Waals surface area contributed by atoms with Crippen LogP contribution in [0.2, 0.25) is 5.02 Å². The summed E-state index contributed by atoms with van der Waals surface area (Å²) < 4.78 is 5.94. The molecular formula is C20H19Br2ClN2. The predicted molar refractivity (Wildman–Crippen MR) is 102 cm³/mol. The van der Waals surface area contributed by atoms with Gasteiger partial charge in [0, 0.05) is 21.5 Å². The largest absolute Gasteiger partial charge is 1.00 e. The minimum absolute atomic E-state index is 0. The standard InChI is InChI=1S/C20H19BrClN2.BrH/c21-16-7-11-18(12-8-16)24-19(15-5-9-17(22)10-6-15)14-23-13-3-1-2-4-20(23)24;/h5-12,14H,1-4,13H2;1H/q+1;/p-1. The van der Waals surface area contributed by atoms with Gasteiger partial charge < -0.3 is 17.0 Å². The maximum absolute atomic E-state index is 6.08. The molecule has 25 heavy (non-hydrogen) atoms. The van der Waals surface area contributed by atoms with Crippen molar-refractivity contribution in [1.29, 1.82) is 0 Å². The molecule has 4 rings (SSSR count). The van der Waals surface area contributed by atoms with E-state index in [0.717, 1.165) is 22.5 Å². The minimum atomic E-state index is 0. The van der Waals surface area contributed by atoms with E-state index in [4.69, 9.17) is 11.6 Å². The smallest absolute Gasteiger partial charge is 0.262 e. The topological polar surface area (TPSA) is 8.81 Å². The molecule has 2 nitrogen and oxygen atoms in total. The molecule has 2 aromatic carbocycles. The van der Waals surface area contributed by atoms with Gasteiger partial charge in [0.25, 0.3) is 5.82 Å². The van der Waals surface area contributed by atoms with E-state index < -0.39 is 0 Å². The second-order valence-corrected chi connectivity index (χ2v) is 7.61. The number of aryl methyl sites for hydroxylation is 1. The van der Waals surface area contributed by atoms with Crippen LogP contribution in [0, 0.1) is 0 Å². The maximum atomic E-state index is 6.08. The maximum Gasteiger partial charge on any atom is 0.262 e. The first-order chi connectivity index (χ1) is 11.7. The number of hydrogen-bond donors (Lipinski definition) is 0. The van der Waals surface area contributed by atoms with Gasteiger partial charge in [-0.3, -0.25) is 0 Å². The molecule has 0 unspecified atom stereocenters. The molecule has 0 saturated heterocycles. The number of fused-ring (bicyclic) bond motifs is 1. The Labute approximate surface area is 172 Å². The molecular weight excluding hydrogens is 463 g/mol. The molecule has 0 N–H and O–H groups in total. The summed E-state index contributed by atoms with van der Waals surface area (Å²) in [4.78, 5) is 0. The average Bonchev–Trinajstić information content (AvgIpc) is 2.79. The lowest BCUT2D eigenvalue weighted by Gasteiger charge is -2.06. The van der Waals surface area contributed by atoms with Crippen LogP contribution in [0.5, 0.6) is 0 Å². The van der Waals surface area contributed by atoms with E-state index in [1.807, 2.05) is 12.1 Å². The Morgan fingerprint density at radius 3 is 2.36 bits per heavy atom. The van der Waals surface area contributed by atoms with Crippen molar-refractivity contribution in [3.05, 3.63) is 70.0 Å². The van der Waals surface area contributed by atoms with Crippen molar-refractivity contribution in [3.8, 4) is 16.9 Å². The van der Waals surface area contributed by atoms with Crippen molar-refractivity contribution in [2.24, 2.45) is 0 Å². The van der Waals surface area contributed by atoms with E-state index in [-0.39, 0.29) is 17.0 Å². The van der Waals surface area contributed by atoms with E-state index in [0.29, 0.717) is 0 Å². The van der Waals surface area contributed by atoms with Gasteiger partial charge in [-0.1, -0.05) is 27.5 Å². The van der Waals surface area contributed by atoms with Gasteiger partial charge in [0.15, 0.2) is 5.69 Å². The third-order valence-electron chi connectivity index (χ3n) is 4.63. The molecule has 1 aromatic heterocycles. The predicted octanol–water partition coefficient (Wildman–Crippen LogP) is 2.58. The number of halogens is 3. The van der Waals surface area contributed by atoms with Crippen LogP contribution in [-0.4, -0.2) is 4.57 Å². The molecule has 130 valence electrons. The van der Waals surface area contributed by atoms with Crippen molar-refractivity contribution in [1.82, 2.24) is 4.57 Å². The molecule has 1 aliphatic heterocycles. The summed E-state index contributed by atoms with van der Waals surface area (Å²) in [5.74, 6) is 1.39. The van der Waals surface area contributed by atoms with Crippen LogP contribution in [-0.2, 0) is 13.0 Å². The lowest BCUT2D eigenvalue weighted by molar-refractivity contribution is -0.702. The number of imidazole rings is 1. The molecule has 0 bridgehead atoms. The fourth-order valence-electron chi connectivity index (χ4n) is 3.44. The van der Waals surface area contributed by atoms with Gasteiger partial charge in [0.2, 0.25) is 0 Å². The Morgan fingerprint density at radius 1 is 0.920 bits per heavy atom. The summed E-state index contributed by atoms with van der Waals surface area (Å²) in [7, 11) is 0. The first-order valence-electron chi connectivity index (χ1n) is 8.38. The SMILES string of the molecule is Clc1ccc(-c2c[n+]3c(n2-c2ccc(Br)cc2)CCCCC3)cc1.[Br-]. The number of hydrogen-bond acceptors (Lipinski definition) is 0. The van der Waals surface area contributed by atoms with Gasteiger partial charge in [-0.15, -0.1) is 0 Å². The molecule has 0 saturated carbocycles. The van der Waals surface area contributed by atoms with Crippen LogP contribution in [0.1, 0.15) is 25.1 Å². The first kappa shape index (κ1) is 18.7. The zero-order chi connectivity index (χ0) is 16.5. The van der Waals surface area contributed by atoms with Crippen molar-refractivity contribution in [2.45, 2.75) is 32.2 Å². The number of aromatic nitrogens is 2. The number of nitrogens with zero attached hydrogens (tertiary/aromatic N) is 2. The molecule has 3 aromatic rings. The normalized spacial score (nSPS) is 13.7. The van der Waals surface area contributed by atoms with E-state index in [1.54, 1.807) is 0 Å². The zero-order valence-corrected chi connectivity index (χ0v) is 17.7. The Morgan fingerprint density at radius 2 is 1.64 bits per heavy atom. The highest BCUT2D eigenvalue weighted by Gasteiger charge is 2.26. The lowest BCUT2D eigenvalue weighted by Crippen LogP contribution is -3.00. The van der Waals surface area contributed by atoms with Gasteiger partial charge in [0.05, 0.1) is 6.54 Å². The van der Waals surface area contributed by atoms with Crippen LogP contribution in [0.25, 0.3) is 16.9 Å². The lowest BCUT2D eigenvalue weighted by atomic mass is 10.1. The van der Waals surface area contributed by atoms with Crippen molar-refractivity contribution < 1.29 is 21.5 Å². The summed E-state index contributed by atoms with van der Waals surface area (Å²) in [5.41, 5.74) is 3.63. The Bertz CT molecular complexity index is 855. The third kappa shape index (κ3) is 3.86. The van der Waals surface area contributed by atoms with E-state index >= 15 is 0 Å². The van der Waals surface area contributed by atoms with Crippen molar-refractivity contribution in [3.63, 3.8) is 0 Å². The molecule has 1 aliphatic rings. The fraction of sp³-hybridized carbons (Fsp3) is 0.250. The number of benzene rings is 2. The van der Waals surface area contributed by atoms with Gasteiger partial charge in [-0.05, 0) is 67.8 Å². The molecule has 5 heteroatoms. The molecule has 0 spiro atoms. The van der Waals surface area contributed by atoms with Gasteiger partial charge in [-0.25, -0.2) is 4.57 Å².